The number of allylic oxidation sites excluding steroid dienone is 1. The third-order valence-electron chi connectivity index (χ3n) is 4.02. The molecule has 1 unspecified atom stereocenters. The number of rotatable bonds is 12. The summed E-state index contributed by atoms with van der Waals surface area (Å²) in [4.78, 5) is 23.8. The molecule has 1 atom stereocenters. The summed E-state index contributed by atoms with van der Waals surface area (Å²) >= 11 is 0. The van der Waals surface area contributed by atoms with Crippen LogP contribution in [0.25, 0.3) is 0 Å². The fourth-order valence-corrected chi connectivity index (χ4v) is 2.24. The summed E-state index contributed by atoms with van der Waals surface area (Å²) in [6.45, 7) is 7.25. The Hall–Kier alpha value is -1.12. The topological polar surface area (TPSA) is 43.4 Å². The number of carbonyl (C=O) groups is 2. The van der Waals surface area contributed by atoms with E-state index in [1.165, 1.54) is 26.4 Å². The Labute approximate surface area is 123 Å². The molecule has 0 radical (unpaired) electrons. The molecule has 0 amide bonds. The number of hydrogen-bond acceptors (Lipinski definition) is 3. The molecule has 3 nitrogen and oxygen atoms in total. The van der Waals surface area contributed by atoms with Crippen LogP contribution >= 0.6 is 0 Å². The van der Waals surface area contributed by atoms with Gasteiger partial charge in [0, 0.05) is 6.42 Å². The lowest BCUT2D eigenvalue weighted by atomic mass is 9.81. The van der Waals surface area contributed by atoms with Crippen LogP contribution in [0, 0.1) is 5.41 Å². The average molecular weight is 282 g/mol. The van der Waals surface area contributed by atoms with Gasteiger partial charge in [0.15, 0.2) is 0 Å². The molecule has 0 bridgehead atoms. The van der Waals surface area contributed by atoms with E-state index >= 15 is 0 Å². The Balaban J connectivity index is 3.86. The lowest BCUT2D eigenvalue weighted by molar-refractivity contribution is -0.157. The van der Waals surface area contributed by atoms with Crippen LogP contribution in [-0.2, 0) is 14.3 Å². The summed E-state index contributed by atoms with van der Waals surface area (Å²) in [5.74, 6) is -0.395. The minimum Gasteiger partial charge on any atom is -0.468 e. The van der Waals surface area contributed by atoms with Gasteiger partial charge in [-0.15, -0.1) is 6.58 Å². The zero-order chi connectivity index (χ0) is 15.4. The normalized spacial score (nSPS) is 13.6. The number of ketones is 1. The molecular weight excluding hydrogens is 252 g/mol. The molecule has 0 fully saturated rings. The number of Topliss-reactive ketones (excluding diaryl/α,β-unsaturated/α-hetero) is 1. The highest BCUT2D eigenvalue weighted by atomic mass is 16.5. The first-order valence-electron chi connectivity index (χ1n) is 7.75. The molecule has 0 aliphatic carbocycles. The average Bonchev–Trinajstić information content (AvgIpc) is 2.47. The smallest absolute Gasteiger partial charge is 0.319 e. The third-order valence-corrected chi connectivity index (χ3v) is 4.02. The lowest BCUT2D eigenvalue weighted by Crippen LogP contribution is -2.36. The second kappa shape index (κ2) is 10.6. The Bertz CT molecular complexity index is 309. The van der Waals surface area contributed by atoms with Gasteiger partial charge in [-0.3, -0.25) is 9.59 Å². The van der Waals surface area contributed by atoms with Gasteiger partial charge in [-0.1, -0.05) is 38.7 Å². The van der Waals surface area contributed by atoms with Crippen molar-refractivity contribution in [3.8, 4) is 0 Å². The summed E-state index contributed by atoms with van der Waals surface area (Å²) in [6, 6.07) is 0. The highest BCUT2D eigenvalue weighted by molar-refractivity contribution is 6.03. The Morgan fingerprint density at radius 2 is 1.65 bits per heavy atom. The van der Waals surface area contributed by atoms with Crippen molar-refractivity contribution in [2.75, 3.05) is 7.11 Å². The van der Waals surface area contributed by atoms with Gasteiger partial charge in [-0.25, -0.2) is 0 Å². The summed E-state index contributed by atoms with van der Waals surface area (Å²) in [5.41, 5.74) is -0.960. The van der Waals surface area contributed by atoms with Crippen molar-refractivity contribution in [2.24, 2.45) is 5.41 Å². The lowest BCUT2D eigenvalue weighted by Gasteiger charge is -2.23. The van der Waals surface area contributed by atoms with Gasteiger partial charge in [-0.2, -0.15) is 0 Å². The molecule has 20 heavy (non-hydrogen) atoms. The minimum absolute atomic E-state index is 0.0125. The van der Waals surface area contributed by atoms with E-state index in [2.05, 4.69) is 6.58 Å². The second-order valence-electron chi connectivity index (χ2n) is 5.55. The van der Waals surface area contributed by atoms with Gasteiger partial charge >= 0.3 is 5.97 Å². The van der Waals surface area contributed by atoms with Crippen LogP contribution < -0.4 is 0 Å². The molecule has 0 rings (SSSR count). The molecule has 116 valence electrons. The zero-order valence-corrected chi connectivity index (χ0v) is 13.4. The molecule has 0 saturated carbocycles. The van der Waals surface area contributed by atoms with Crippen LogP contribution in [0.4, 0.5) is 0 Å². The van der Waals surface area contributed by atoms with Crippen LogP contribution in [0.1, 0.15) is 71.6 Å². The predicted octanol–water partition coefficient (Wildman–Crippen LogP) is 4.45. The maximum atomic E-state index is 12.2. The van der Waals surface area contributed by atoms with Crippen molar-refractivity contribution in [3.05, 3.63) is 12.7 Å². The van der Waals surface area contributed by atoms with Crippen molar-refractivity contribution in [1.29, 1.82) is 0 Å². The quantitative estimate of drug-likeness (QED) is 0.230. The molecule has 0 aliphatic heterocycles. The van der Waals surface area contributed by atoms with E-state index < -0.39 is 11.4 Å². The molecule has 0 aromatic heterocycles. The summed E-state index contributed by atoms with van der Waals surface area (Å²) < 4.78 is 4.74. The number of ether oxygens (including phenoxy) is 1. The number of carbonyl (C=O) groups excluding carboxylic acids is 2. The van der Waals surface area contributed by atoms with Crippen molar-refractivity contribution in [2.45, 2.75) is 71.6 Å². The standard InChI is InChI=1S/C17H30O3/c1-5-7-8-9-10-11-12-13-14-15(18)17(3,6-2)16(19)20-4/h5H,1,6-14H2,2-4H3. The maximum absolute atomic E-state index is 12.2. The first-order valence-corrected chi connectivity index (χ1v) is 7.75. The summed E-state index contributed by atoms with van der Waals surface area (Å²) in [6.07, 6.45) is 10.8. The molecule has 3 heteroatoms. The van der Waals surface area contributed by atoms with Gasteiger partial charge in [0.05, 0.1) is 7.11 Å². The van der Waals surface area contributed by atoms with Crippen LogP contribution in [0.3, 0.4) is 0 Å². The monoisotopic (exact) mass is 282 g/mol. The Morgan fingerprint density at radius 1 is 1.10 bits per heavy atom. The molecular formula is C17H30O3. The van der Waals surface area contributed by atoms with Crippen LogP contribution in [0.5, 0.6) is 0 Å². The highest BCUT2D eigenvalue weighted by Gasteiger charge is 2.39. The van der Waals surface area contributed by atoms with Gasteiger partial charge < -0.3 is 4.74 Å². The van der Waals surface area contributed by atoms with Gasteiger partial charge in [0.1, 0.15) is 11.2 Å². The fourth-order valence-electron chi connectivity index (χ4n) is 2.24. The molecule has 0 aliphatic rings. The van der Waals surface area contributed by atoms with Gasteiger partial charge in [0.25, 0.3) is 0 Å². The van der Waals surface area contributed by atoms with E-state index in [1.54, 1.807) is 6.92 Å². The van der Waals surface area contributed by atoms with Gasteiger partial charge in [-0.05, 0) is 32.6 Å². The first-order chi connectivity index (χ1) is 9.52. The number of esters is 1. The summed E-state index contributed by atoms with van der Waals surface area (Å²) in [5, 5.41) is 0. The van der Waals surface area contributed by atoms with E-state index in [0.717, 1.165) is 25.7 Å². The second-order valence-corrected chi connectivity index (χ2v) is 5.55. The molecule has 0 spiro atoms. The maximum Gasteiger partial charge on any atom is 0.319 e. The molecule has 0 heterocycles. The SMILES string of the molecule is C=CCCCCCCCCC(=O)C(C)(CC)C(=O)OC. The highest BCUT2D eigenvalue weighted by Crippen LogP contribution is 2.27. The fraction of sp³-hybridized carbons (Fsp3) is 0.765. The van der Waals surface area contributed by atoms with E-state index in [9.17, 15) is 9.59 Å². The van der Waals surface area contributed by atoms with Crippen molar-refractivity contribution >= 4 is 11.8 Å². The van der Waals surface area contributed by atoms with Crippen LogP contribution in [-0.4, -0.2) is 18.9 Å². The van der Waals surface area contributed by atoms with Crippen molar-refractivity contribution in [3.63, 3.8) is 0 Å². The molecule has 0 aromatic rings. The molecule has 0 saturated heterocycles. The van der Waals surface area contributed by atoms with Gasteiger partial charge in [0.2, 0.25) is 0 Å². The number of methoxy groups -OCH3 is 1. The number of hydrogen-bond donors (Lipinski definition) is 0. The van der Waals surface area contributed by atoms with Crippen LogP contribution in [0.15, 0.2) is 12.7 Å². The van der Waals surface area contributed by atoms with E-state index in [1.807, 2.05) is 13.0 Å². The van der Waals surface area contributed by atoms with E-state index in [0.29, 0.717) is 12.8 Å². The third kappa shape index (κ3) is 6.36. The summed E-state index contributed by atoms with van der Waals surface area (Å²) in [7, 11) is 1.34. The van der Waals surface area contributed by atoms with Crippen molar-refractivity contribution < 1.29 is 14.3 Å². The van der Waals surface area contributed by atoms with E-state index in [4.69, 9.17) is 4.74 Å². The van der Waals surface area contributed by atoms with E-state index in [-0.39, 0.29) is 5.78 Å². The predicted molar refractivity (Wildman–Crippen MR) is 82.6 cm³/mol. The molecule has 0 N–H and O–H groups in total. The largest absolute Gasteiger partial charge is 0.468 e. The number of unbranched alkanes of at least 4 members (excludes halogenated alkanes) is 6. The minimum atomic E-state index is -0.960. The van der Waals surface area contributed by atoms with Crippen molar-refractivity contribution in [1.82, 2.24) is 0 Å². The van der Waals surface area contributed by atoms with Crippen LogP contribution in [0.2, 0.25) is 0 Å². The Kier molecular flexibility index (Phi) is 10.0. The molecule has 0 aromatic carbocycles. The first kappa shape index (κ1) is 18.9. The zero-order valence-electron chi connectivity index (χ0n) is 13.4. The Morgan fingerprint density at radius 3 is 2.15 bits per heavy atom.